The van der Waals surface area contributed by atoms with Gasteiger partial charge < -0.3 is 5.11 Å². The highest BCUT2D eigenvalue weighted by Gasteiger charge is 2.24. The minimum atomic E-state index is -0.822. The van der Waals surface area contributed by atoms with Crippen LogP contribution in [0, 0.1) is 12.8 Å². The fourth-order valence-electron chi connectivity index (χ4n) is 1.58. The molecule has 18 heavy (non-hydrogen) atoms. The summed E-state index contributed by atoms with van der Waals surface area (Å²) in [4.78, 5) is 19.5. The Morgan fingerprint density at radius 3 is 2.83 bits per heavy atom. The maximum absolute atomic E-state index is 11.2. The molecule has 0 aromatic carbocycles. The van der Waals surface area contributed by atoms with Gasteiger partial charge in [0.25, 0.3) is 5.78 Å². The minimum Gasteiger partial charge on any atom is -0.480 e. The summed E-state index contributed by atoms with van der Waals surface area (Å²) in [5.74, 6) is -0.303. The predicted molar refractivity (Wildman–Crippen MR) is 67.6 cm³/mol. The number of fused-ring (bicyclic) bond motifs is 1. The quantitative estimate of drug-likeness (QED) is 0.669. The van der Waals surface area contributed by atoms with E-state index in [-0.39, 0.29) is 5.92 Å². The Morgan fingerprint density at radius 1 is 1.50 bits per heavy atom. The van der Waals surface area contributed by atoms with Crippen LogP contribution in [0.4, 0.5) is 0 Å². The summed E-state index contributed by atoms with van der Waals surface area (Å²) < 4.78 is 1.57. The summed E-state index contributed by atoms with van der Waals surface area (Å²) in [6.07, 6.45) is 1.41. The van der Waals surface area contributed by atoms with Crippen LogP contribution in [0.5, 0.6) is 0 Å². The number of aryl methyl sites for hydroxylation is 1. The van der Waals surface area contributed by atoms with Gasteiger partial charge in [-0.15, -0.1) is 0 Å². The number of nitrogens with zero attached hydrogens (tertiary/aromatic N) is 4. The van der Waals surface area contributed by atoms with Gasteiger partial charge >= 0.3 is 5.97 Å². The molecule has 0 fully saturated rings. The molecule has 0 saturated heterocycles. The van der Waals surface area contributed by atoms with Crippen LogP contribution in [-0.2, 0) is 4.79 Å². The van der Waals surface area contributed by atoms with Crippen LogP contribution in [-0.4, -0.2) is 35.9 Å². The summed E-state index contributed by atoms with van der Waals surface area (Å²) in [5.41, 5.74) is 0.797. The smallest absolute Gasteiger partial charge is 0.317 e. The predicted octanol–water partition coefficient (Wildman–Crippen LogP) is 1.63. The summed E-state index contributed by atoms with van der Waals surface area (Å²) >= 11 is 1.27. The number of aliphatic carboxylic acids is 1. The van der Waals surface area contributed by atoms with Gasteiger partial charge in [-0.05, 0) is 18.9 Å². The Morgan fingerprint density at radius 2 is 2.22 bits per heavy atom. The van der Waals surface area contributed by atoms with E-state index in [1.165, 1.54) is 18.1 Å². The number of thioether (sulfide) groups is 1. The zero-order valence-electron chi connectivity index (χ0n) is 10.4. The van der Waals surface area contributed by atoms with Crippen molar-refractivity contribution in [1.29, 1.82) is 0 Å². The maximum atomic E-state index is 11.2. The van der Waals surface area contributed by atoms with Gasteiger partial charge in [-0.25, -0.2) is 4.98 Å². The number of carboxylic acids is 1. The van der Waals surface area contributed by atoms with Crippen molar-refractivity contribution in [2.45, 2.75) is 31.0 Å². The van der Waals surface area contributed by atoms with E-state index in [1.54, 1.807) is 4.52 Å². The molecule has 0 bridgehead atoms. The van der Waals surface area contributed by atoms with Crippen molar-refractivity contribution < 1.29 is 9.90 Å². The molecule has 2 rings (SSSR count). The Kier molecular flexibility index (Phi) is 3.51. The first-order chi connectivity index (χ1) is 8.49. The van der Waals surface area contributed by atoms with Crippen molar-refractivity contribution in [1.82, 2.24) is 19.6 Å². The fourth-order valence-corrected chi connectivity index (χ4v) is 2.68. The number of hydrogen-bond donors (Lipinski definition) is 1. The highest BCUT2D eigenvalue weighted by Crippen LogP contribution is 2.28. The summed E-state index contributed by atoms with van der Waals surface area (Å²) in [6, 6.07) is 1.82. The lowest BCUT2D eigenvalue weighted by Crippen LogP contribution is -2.23. The zero-order chi connectivity index (χ0) is 13.3. The Hall–Kier alpha value is -1.63. The van der Waals surface area contributed by atoms with Crippen molar-refractivity contribution in [2.75, 3.05) is 0 Å². The summed E-state index contributed by atoms with van der Waals surface area (Å²) in [7, 11) is 0. The Bertz CT molecular complexity index is 581. The van der Waals surface area contributed by atoms with Crippen molar-refractivity contribution in [3.63, 3.8) is 0 Å². The maximum Gasteiger partial charge on any atom is 0.317 e. The molecule has 1 atom stereocenters. The molecule has 0 spiro atoms. The largest absolute Gasteiger partial charge is 0.480 e. The standard InChI is InChI=1S/C11H14N4O2S/c1-6(2)9(10(16)17)18-8-4-7(3)14-11-12-5-13-15(8)11/h4-6,9H,1-3H3,(H,16,17). The van der Waals surface area contributed by atoms with Crippen LogP contribution in [0.25, 0.3) is 5.78 Å². The molecule has 2 aromatic heterocycles. The van der Waals surface area contributed by atoms with E-state index in [2.05, 4.69) is 15.1 Å². The second kappa shape index (κ2) is 4.93. The molecule has 1 unspecified atom stereocenters. The van der Waals surface area contributed by atoms with Gasteiger partial charge in [0.05, 0.1) is 0 Å². The molecule has 0 amide bonds. The third-order valence-electron chi connectivity index (χ3n) is 2.44. The first-order valence-corrected chi connectivity index (χ1v) is 6.44. The van der Waals surface area contributed by atoms with Crippen molar-refractivity contribution in [3.05, 3.63) is 18.1 Å². The van der Waals surface area contributed by atoms with Crippen molar-refractivity contribution in [2.24, 2.45) is 5.92 Å². The van der Waals surface area contributed by atoms with E-state index in [9.17, 15) is 9.90 Å². The topological polar surface area (TPSA) is 80.4 Å². The van der Waals surface area contributed by atoms with Crippen LogP contribution >= 0.6 is 11.8 Å². The lowest BCUT2D eigenvalue weighted by Gasteiger charge is -2.15. The first-order valence-electron chi connectivity index (χ1n) is 5.56. The minimum absolute atomic E-state index is 0.0274. The lowest BCUT2D eigenvalue weighted by atomic mass is 10.1. The third kappa shape index (κ3) is 2.45. The average molecular weight is 266 g/mol. The van der Waals surface area contributed by atoms with E-state index < -0.39 is 11.2 Å². The lowest BCUT2D eigenvalue weighted by molar-refractivity contribution is -0.137. The number of carboxylic acid groups (broad SMARTS) is 1. The summed E-state index contributed by atoms with van der Waals surface area (Å²) in [6.45, 7) is 5.63. The molecule has 7 heteroatoms. The van der Waals surface area contributed by atoms with Gasteiger partial charge in [-0.2, -0.15) is 14.6 Å². The second-order valence-corrected chi connectivity index (χ2v) is 5.49. The highest BCUT2D eigenvalue weighted by atomic mass is 32.2. The second-order valence-electron chi connectivity index (χ2n) is 4.33. The molecule has 0 saturated carbocycles. The van der Waals surface area contributed by atoms with Crippen LogP contribution in [0.2, 0.25) is 0 Å². The number of hydrogen-bond acceptors (Lipinski definition) is 5. The molecule has 1 N–H and O–H groups in total. The first kappa shape index (κ1) is 12.8. The number of carbonyl (C=O) groups is 1. The van der Waals surface area contributed by atoms with Gasteiger partial charge in [-0.3, -0.25) is 4.79 Å². The normalized spacial score (nSPS) is 13.1. The van der Waals surface area contributed by atoms with Crippen molar-refractivity contribution >= 4 is 23.5 Å². The van der Waals surface area contributed by atoms with Crippen molar-refractivity contribution in [3.8, 4) is 0 Å². The van der Waals surface area contributed by atoms with E-state index in [1.807, 2.05) is 26.8 Å². The molecular formula is C11H14N4O2S. The van der Waals surface area contributed by atoms with Crippen LogP contribution in [0.3, 0.4) is 0 Å². The molecule has 96 valence electrons. The Labute approximate surface area is 108 Å². The molecule has 2 heterocycles. The molecule has 0 aliphatic heterocycles. The third-order valence-corrected chi connectivity index (χ3v) is 3.98. The zero-order valence-corrected chi connectivity index (χ0v) is 11.2. The van der Waals surface area contributed by atoms with Gasteiger partial charge in [0.2, 0.25) is 0 Å². The fraction of sp³-hybridized carbons (Fsp3) is 0.455. The van der Waals surface area contributed by atoms with Crippen LogP contribution < -0.4 is 0 Å². The van der Waals surface area contributed by atoms with Crippen LogP contribution in [0.15, 0.2) is 17.4 Å². The molecule has 2 aromatic rings. The monoisotopic (exact) mass is 266 g/mol. The SMILES string of the molecule is Cc1cc(SC(C(=O)O)C(C)C)n2ncnc2n1. The molecule has 0 radical (unpaired) electrons. The van der Waals surface area contributed by atoms with Gasteiger partial charge in [0.1, 0.15) is 16.6 Å². The molecule has 0 aliphatic rings. The molecular weight excluding hydrogens is 252 g/mol. The summed E-state index contributed by atoms with van der Waals surface area (Å²) in [5, 5.41) is 13.5. The van der Waals surface area contributed by atoms with Gasteiger partial charge in [0.15, 0.2) is 0 Å². The molecule has 6 nitrogen and oxygen atoms in total. The van der Waals surface area contributed by atoms with Crippen LogP contribution in [0.1, 0.15) is 19.5 Å². The Balaban J connectivity index is 2.41. The van der Waals surface area contributed by atoms with E-state index in [0.29, 0.717) is 5.78 Å². The number of rotatable bonds is 4. The highest BCUT2D eigenvalue weighted by molar-refractivity contribution is 8.00. The number of aromatic nitrogens is 4. The molecule has 0 aliphatic carbocycles. The van der Waals surface area contributed by atoms with Gasteiger partial charge in [-0.1, -0.05) is 25.6 Å². The van der Waals surface area contributed by atoms with E-state index in [4.69, 9.17) is 0 Å². The van der Waals surface area contributed by atoms with E-state index in [0.717, 1.165) is 10.7 Å². The van der Waals surface area contributed by atoms with Gasteiger partial charge in [0, 0.05) is 5.69 Å². The average Bonchev–Trinajstić information content (AvgIpc) is 2.72. The van der Waals surface area contributed by atoms with E-state index >= 15 is 0 Å².